The maximum Gasteiger partial charge on any atom is 0.145 e. The lowest BCUT2D eigenvalue weighted by Gasteiger charge is -2.31. The first-order valence-electron chi connectivity index (χ1n) is 17.3. The Morgan fingerprint density at radius 3 is 1.47 bits per heavy atom. The zero-order chi connectivity index (χ0) is 34.6. The number of fused-ring (bicyclic) bond motifs is 6. The summed E-state index contributed by atoms with van der Waals surface area (Å²) in [5.41, 5.74) is 7.47. The van der Waals surface area contributed by atoms with Crippen molar-refractivity contribution in [3.8, 4) is 33.8 Å². The van der Waals surface area contributed by atoms with Gasteiger partial charge in [-0.05, 0) is 95.1 Å². The Morgan fingerprint density at radius 2 is 0.863 bits per heavy atom. The maximum absolute atomic E-state index is 12.4. The van der Waals surface area contributed by atoms with Gasteiger partial charge in [-0.15, -0.1) is 0 Å². The molecular formula is C46H33B2NO2. The molecule has 0 amide bonds. The van der Waals surface area contributed by atoms with E-state index < -0.39 is 0 Å². The molecule has 0 saturated heterocycles. The molecule has 0 bridgehead atoms. The van der Waals surface area contributed by atoms with Gasteiger partial charge in [-0.1, -0.05) is 140 Å². The topological polar surface area (TPSA) is 43.7 Å². The van der Waals surface area contributed by atoms with Crippen LogP contribution in [0.1, 0.15) is 0 Å². The number of hydrogen-bond donors (Lipinski definition) is 2. The predicted molar refractivity (Wildman–Crippen MR) is 222 cm³/mol. The van der Waals surface area contributed by atoms with Gasteiger partial charge in [0.25, 0.3) is 0 Å². The lowest BCUT2D eigenvalue weighted by molar-refractivity contribution is 0.458. The average Bonchev–Trinajstić information content (AvgIpc) is 3.19. The fourth-order valence-corrected chi connectivity index (χ4v) is 7.90. The van der Waals surface area contributed by atoms with E-state index >= 15 is 0 Å². The van der Waals surface area contributed by atoms with Crippen molar-refractivity contribution in [3.05, 3.63) is 164 Å². The minimum Gasteiger partial charge on any atom is -0.506 e. The summed E-state index contributed by atoms with van der Waals surface area (Å²) in [7, 11) is 3.92. The highest BCUT2D eigenvalue weighted by molar-refractivity contribution is 6.48. The SMILES string of the molecule is Bc1c(O)c(N(c2ccc(-c3ccccc3)cc2)c2cc3ccccc3c3ccccc23)c(O)c(B)c1-c1cc2ccccc2c2ccccc12. The number of aromatic hydroxyl groups is 2. The summed E-state index contributed by atoms with van der Waals surface area (Å²) in [4.78, 5) is 2.02. The Balaban J connectivity index is 1.33. The van der Waals surface area contributed by atoms with Crippen molar-refractivity contribution in [2.75, 3.05) is 4.90 Å². The van der Waals surface area contributed by atoms with E-state index in [1.807, 2.05) is 63.1 Å². The number of anilines is 3. The van der Waals surface area contributed by atoms with E-state index in [4.69, 9.17) is 0 Å². The number of nitrogens with zero attached hydrogens (tertiary/aromatic N) is 1. The molecule has 0 aliphatic carbocycles. The van der Waals surface area contributed by atoms with Crippen molar-refractivity contribution in [2.45, 2.75) is 0 Å². The molecule has 0 fully saturated rings. The lowest BCUT2D eigenvalue weighted by atomic mass is 9.74. The van der Waals surface area contributed by atoms with Crippen molar-refractivity contribution in [2.24, 2.45) is 0 Å². The van der Waals surface area contributed by atoms with Crippen LogP contribution in [0.2, 0.25) is 0 Å². The van der Waals surface area contributed by atoms with Gasteiger partial charge in [-0.2, -0.15) is 0 Å². The van der Waals surface area contributed by atoms with Crippen LogP contribution in [-0.4, -0.2) is 25.9 Å². The fraction of sp³-hybridized carbons (Fsp3) is 0. The third-order valence-corrected chi connectivity index (χ3v) is 10.4. The normalized spacial score (nSPS) is 11.5. The zero-order valence-corrected chi connectivity index (χ0v) is 28.4. The Kier molecular flexibility index (Phi) is 7.29. The molecule has 0 aliphatic heterocycles. The monoisotopic (exact) mass is 653 g/mol. The molecule has 5 heteroatoms. The molecule has 0 radical (unpaired) electrons. The summed E-state index contributed by atoms with van der Waals surface area (Å²) in [6.07, 6.45) is 0. The number of rotatable bonds is 5. The van der Waals surface area contributed by atoms with Gasteiger partial charge in [0.15, 0.2) is 0 Å². The summed E-state index contributed by atoms with van der Waals surface area (Å²) in [6.45, 7) is 0. The van der Waals surface area contributed by atoms with Gasteiger partial charge in [-0.25, -0.2) is 0 Å². The molecule has 9 aromatic rings. The molecule has 0 atom stereocenters. The third-order valence-electron chi connectivity index (χ3n) is 10.4. The molecule has 0 spiro atoms. The molecule has 0 aliphatic rings. The Bertz CT molecular complexity index is 2770. The van der Waals surface area contributed by atoms with E-state index in [-0.39, 0.29) is 11.5 Å². The molecule has 51 heavy (non-hydrogen) atoms. The average molecular weight is 653 g/mol. The molecule has 0 heterocycles. The van der Waals surface area contributed by atoms with E-state index in [1.54, 1.807) is 0 Å². The van der Waals surface area contributed by atoms with E-state index in [0.717, 1.165) is 71.3 Å². The smallest absolute Gasteiger partial charge is 0.145 e. The molecule has 0 aromatic heterocycles. The first-order chi connectivity index (χ1) is 25.0. The van der Waals surface area contributed by atoms with Gasteiger partial charge in [0.2, 0.25) is 0 Å². The molecular weight excluding hydrogens is 620 g/mol. The Hall–Kier alpha value is -6.45. The van der Waals surface area contributed by atoms with Crippen LogP contribution in [0.3, 0.4) is 0 Å². The molecule has 3 nitrogen and oxygen atoms in total. The van der Waals surface area contributed by atoms with Crippen molar-refractivity contribution >= 4 is 86.8 Å². The predicted octanol–water partition coefficient (Wildman–Crippen LogP) is 9.03. The summed E-state index contributed by atoms with van der Waals surface area (Å²) in [5.74, 6) is 0.0735. The van der Waals surface area contributed by atoms with Gasteiger partial charge in [-0.3, -0.25) is 0 Å². The summed E-state index contributed by atoms with van der Waals surface area (Å²) < 4.78 is 0. The van der Waals surface area contributed by atoms with Crippen LogP contribution in [0.15, 0.2) is 164 Å². The van der Waals surface area contributed by atoms with Gasteiger partial charge in [0, 0.05) is 11.1 Å². The van der Waals surface area contributed by atoms with E-state index in [9.17, 15) is 10.2 Å². The zero-order valence-electron chi connectivity index (χ0n) is 28.4. The van der Waals surface area contributed by atoms with Crippen molar-refractivity contribution in [3.63, 3.8) is 0 Å². The highest BCUT2D eigenvalue weighted by atomic mass is 16.3. The van der Waals surface area contributed by atoms with Crippen LogP contribution in [0, 0.1) is 0 Å². The largest absolute Gasteiger partial charge is 0.506 e. The molecule has 0 unspecified atom stereocenters. The maximum atomic E-state index is 12.4. The minimum atomic E-state index is 0.0368. The quantitative estimate of drug-likeness (QED) is 0.144. The first-order valence-corrected chi connectivity index (χ1v) is 17.3. The minimum absolute atomic E-state index is 0.0368. The van der Waals surface area contributed by atoms with Crippen LogP contribution in [0.5, 0.6) is 11.5 Å². The molecule has 0 saturated carbocycles. The summed E-state index contributed by atoms with van der Waals surface area (Å²) in [6, 6.07) is 56.5. The highest BCUT2D eigenvalue weighted by Gasteiger charge is 2.28. The van der Waals surface area contributed by atoms with E-state index in [1.165, 1.54) is 5.39 Å². The van der Waals surface area contributed by atoms with Gasteiger partial charge >= 0.3 is 0 Å². The van der Waals surface area contributed by atoms with E-state index in [0.29, 0.717) is 16.6 Å². The Morgan fingerprint density at radius 1 is 0.412 bits per heavy atom. The van der Waals surface area contributed by atoms with Gasteiger partial charge < -0.3 is 15.1 Å². The molecule has 2 N–H and O–H groups in total. The second-order valence-electron chi connectivity index (χ2n) is 13.3. The summed E-state index contributed by atoms with van der Waals surface area (Å²) in [5, 5.41) is 33.7. The number of phenolic OH excluding ortho intramolecular Hbond substituents is 2. The van der Waals surface area contributed by atoms with Crippen LogP contribution < -0.4 is 15.8 Å². The van der Waals surface area contributed by atoms with Crippen LogP contribution in [0.25, 0.3) is 65.3 Å². The van der Waals surface area contributed by atoms with Gasteiger partial charge in [0.05, 0.1) is 5.69 Å². The van der Waals surface area contributed by atoms with Crippen molar-refractivity contribution in [1.29, 1.82) is 0 Å². The van der Waals surface area contributed by atoms with Crippen LogP contribution in [0.4, 0.5) is 17.1 Å². The number of benzene rings is 9. The lowest BCUT2D eigenvalue weighted by Crippen LogP contribution is -2.24. The van der Waals surface area contributed by atoms with Crippen molar-refractivity contribution in [1.82, 2.24) is 0 Å². The van der Waals surface area contributed by atoms with E-state index in [2.05, 4.69) is 121 Å². The second-order valence-corrected chi connectivity index (χ2v) is 13.3. The molecule has 9 aromatic carbocycles. The number of phenols is 2. The Labute approximate surface area is 298 Å². The standard InChI is InChI=1S/C46H33B2NO2/c47-42-41(39-26-30-14-4-6-16-33(30)35-18-8-9-20-37(35)39)43(48)46(51)44(45(42)50)49(32-24-22-29(23-25-32)28-12-2-1-3-13-28)40-27-31-15-5-7-17-34(31)36-19-10-11-21-38(36)40/h1-27,50-51H,47-48H2. The molecule has 240 valence electrons. The summed E-state index contributed by atoms with van der Waals surface area (Å²) >= 11 is 0. The highest BCUT2D eigenvalue weighted by Crippen LogP contribution is 2.49. The fourth-order valence-electron chi connectivity index (χ4n) is 7.90. The molecule has 9 rings (SSSR count). The van der Waals surface area contributed by atoms with Crippen LogP contribution in [-0.2, 0) is 0 Å². The second kappa shape index (κ2) is 12.2. The van der Waals surface area contributed by atoms with Crippen molar-refractivity contribution < 1.29 is 10.2 Å². The number of hydrogen-bond acceptors (Lipinski definition) is 3. The third kappa shape index (κ3) is 4.93. The van der Waals surface area contributed by atoms with Gasteiger partial charge in [0.1, 0.15) is 32.9 Å². The van der Waals surface area contributed by atoms with Crippen LogP contribution >= 0.6 is 0 Å². The first kappa shape index (κ1) is 30.6.